The number of carbonyl (C=O) groups excluding carboxylic acids is 1. The fourth-order valence-corrected chi connectivity index (χ4v) is 2.32. The molecular formula is C17H15F2NO2S. The van der Waals surface area contributed by atoms with Crippen LogP contribution in [0, 0.1) is 0 Å². The number of thioether (sulfide) groups is 1. The van der Waals surface area contributed by atoms with E-state index in [1.807, 2.05) is 18.2 Å². The lowest BCUT2D eigenvalue weighted by atomic mass is 10.2. The molecule has 0 spiro atoms. The van der Waals surface area contributed by atoms with E-state index in [1.54, 1.807) is 31.4 Å². The van der Waals surface area contributed by atoms with Gasteiger partial charge in [0.15, 0.2) is 0 Å². The minimum Gasteiger partial charge on any atom is -0.497 e. The summed E-state index contributed by atoms with van der Waals surface area (Å²) in [6, 6.07) is 13.6. The quantitative estimate of drug-likeness (QED) is 0.616. The van der Waals surface area contributed by atoms with Crippen LogP contribution in [0.3, 0.4) is 0 Å². The van der Waals surface area contributed by atoms with Gasteiger partial charge in [0, 0.05) is 16.7 Å². The average molecular weight is 335 g/mol. The molecule has 0 aliphatic heterocycles. The Morgan fingerprint density at radius 3 is 2.61 bits per heavy atom. The van der Waals surface area contributed by atoms with Gasteiger partial charge in [-0.25, -0.2) is 0 Å². The Bertz CT molecular complexity index is 687. The number of alkyl halides is 2. The van der Waals surface area contributed by atoms with Crippen molar-refractivity contribution in [2.24, 2.45) is 0 Å². The number of benzene rings is 2. The number of carbonyl (C=O) groups is 1. The molecule has 120 valence electrons. The summed E-state index contributed by atoms with van der Waals surface area (Å²) >= 11 is 0.465. The third-order valence-corrected chi connectivity index (χ3v) is 3.59. The van der Waals surface area contributed by atoms with Crippen molar-refractivity contribution in [3.05, 3.63) is 60.2 Å². The number of anilines is 1. The van der Waals surface area contributed by atoms with Crippen molar-refractivity contribution >= 4 is 29.4 Å². The van der Waals surface area contributed by atoms with Crippen LogP contribution in [0.2, 0.25) is 0 Å². The highest BCUT2D eigenvalue weighted by Gasteiger charge is 2.05. The fourth-order valence-electron chi connectivity index (χ4n) is 1.82. The summed E-state index contributed by atoms with van der Waals surface area (Å²) < 4.78 is 29.6. The molecule has 0 heterocycles. The molecule has 0 fully saturated rings. The first kappa shape index (κ1) is 17.0. The zero-order valence-corrected chi connectivity index (χ0v) is 13.1. The maximum atomic E-state index is 12.2. The summed E-state index contributed by atoms with van der Waals surface area (Å²) in [5, 5.41) is 2.67. The number of halogens is 2. The maximum absolute atomic E-state index is 12.2. The molecule has 3 nitrogen and oxygen atoms in total. The molecule has 0 aliphatic rings. The van der Waals surface area contributed by atoms with Crippen molar-refractivity contribution in [1.29, 1.82) is 0 Å². The Labute approximate surface area is 137 Å². The number of hydrogen-bond acceptors (Lipinski definition) is 3. The minimum absolute atomic E-state index is 0.304. The number of rotatable bonds is 6. The molecule has 0 aromatic heterocycles. The van der Waals surface area contributed by atoms with E-state index in [2.05, 4.69) is 5.32 Å². The average Bonchev–Trinajstić information content (AvgIpc) is 2.54. The lowest BCUT2D eigenvalue weighted by molar-refractivity contribution is -0.111. The second-order valence-corrected chi connectivity index (χ2v) is 5.57. The Hall–Kier alpha value is -2.34. The molecule has 0 unspecified atom stereocenters. The van der Waals surface area contributed by atoms with Gasteiger partial charge < -0.3 is 10.1 Å². The van der Waals surface area contributed by atoms with Crippen LogP contribution in [0.1, 0.15) is 5.56 Å². The number of hydrogen-bond donors (Lipinski definition) is 1. The summed E-state index contributed by atoms with van der Waals surface area (Å²) in [5.74, 6) is -2.05. The molecule has 0 atom stereocenters. The van der Waals surface area contributed by atoms with E-state index < -0.39 is 5.76 Å². The van der Waals surface area contributed by atoms with Gasteiger partial charge in [0.1, 0.15) is 5.75 Å². The highest BCUT2D eigenvalue weighted by molar-refractivity contribution is 7.99. The molecule has 2 rings (SSSR count). The molecule has 0 saturated heterocycles. The summed E-state index contributed by atoms with van der Waals surface area (Å²) in [7, 11) is 1.57. The van der Waals surface area contributed by atoms with Crippen molar-refractivity contribution in [3.63, 3.8) is 0 Å². The van der Waals surface area contributed by atoms with E-state index in [9.17, 15) is 13.6 Å². The smallest absolute Gasteiger partial charge is 0.288 e. The Morgan fingerprint density at radius 1 is 1.22 bits per heavy atom. The summed E-state index contributed by atoms with van der Waals surface area (Å²) in [6.07, 6.45) is 3.06. The van der Waals surface area contributed by atoms with Crippen LogP contribution in [0.5, 0.6) is 5.75 Å². The van der Waals surface area contributed by atoms with Crippen LogP contribution in [-0.2, 0) is 4.79 Å². The van der Waals surface area contributed by atoms with Gasteiger partial charge in [-0.15, -0.1) is 0 Å². The van der Waals surface area contributed by atoms with E-state index in [1.165, 1.54) is 18.2 Å². The number of methoxy groups -OCH3 is 1. The lowest BCUT2D eigenvalue weighted by Gasteiger charge is -2.04. The van der Waals surface area contributed by atoms with Crippen molar-refractivity contribution in [2.45, 2.75) is 10.7 Å². The first-order valence-electron chi connectivity index (χ1n) is 6.75. The van der Waals surface area contributed by atoms with Crippen molar-refractivity contribution in [1.82, 2.24) is 0 Å². The van der Waals surface area contributed by atoms with Gasteiger partial charge in [-0.3, -0.25) is 4.79 Å². The molecule has 0 saturated carbocycles. The molecule has 1 amide bonds. The van der Waals surface area contributed by atoms with E-state index in [0.717, 1.165) is 5.56 Å². The van der Waals surface area contributed by atoms with Crippen LogP contribution in [0.4, 0.5) is 14.5 Å². The molecule has 6 heteroatoms. The van der Waals surface area contributed by atoms with Gasteiger partial charge in [0.25, 0.3) is 5.76 Å². The standard InChI is InChI=1S/C17H15F2NO2S/c1-22-14-4-2-3-12(11-14)5-10-16(21)20-13-6-8-15(9-7-13)23-17(18)19/h2-11,17H,1H3,(H,20,21)/b10-5+. The van der Waals surface area contributed by atoms with Gasteiger partial charge in [-0.1, -0.05) is 23.9 Å². The van der Waals surface area contributed by atoms with E-state index in [4.69, 9.17) is 4.74 Å². The van der Waals surface area contributed by atoms with Gasteiger partial charge in [-0.05, 0) is 48.0 Å². The highest BCUT2D eigenvalue weighted by Crippen LogP contribution is 2.26. The normalized spacial score (nSPS) is 11.0. The van der Waals surface area contributed by atoms with Crippen LogP contribution in [0.15, 0.2) is 59.5 Å². The second kappa shape index (κ2) is 8.33. The third kappa shape index (κ3) is 5.75. The second-order valence-electron chi connectivity index (χ2n) is 4.50. The van der Waals surface area contributed by atoms with Gasteiger partial charge in [0.2, 0.25) is 5.91 Å². The van der Waals surface area contributed by atoms with Crippen molar-refractivity contribution in [3.8, 4) is 5.75 Å². The molecule has 0 bridgehead atoms. The summed E-state index contributed by atoms with van der Waals surface area (Å²) in [5.41, 5.74) is 1.38. The molecule has 2 aromatic carbocycles. The van der Waals surface area contributed by atoms with E-state index >= 15 is 0 Å². The van der Waals surface area contributed by atoms with Gasteiger partial charge in [-0.2, -0.15) is 8.78 Å². The Morgan fingerprint density at radius 2 is 1.96 bits per heavy atom. The van der Waals surface area contributed by atoms with E-state index in [-0.39, 0.29) is 5.91 Å². The molecular weight excluding hydrogens is 320 g/mol. The Kier molecular flexibility index (Phi) is 6.17. The number of amides is 1. The SMILES string of the molecule is COc1cccc(/C=C/C(=O)Nc2ccc(SC(F)F)cc2)c1. The van der Waals surface area contributed by atoms with E-state index in [0.29, 0.717) is 28.1 Å². The zero-order valence-electron chi connectivity index (χ0n) is 12.3. The molecule has 1 N–H and O–H groups in total. The Balaban J connectivity index is 1.94. The highest BCUT2D eigenvalue weighted by atomic mass is 32.2. The maximum Gasteiger partial charge on any atom is 0.288 e. The van der Waals surface area contributed by atoms with Crippen molar-refractivity contribution < 1.29 is 18.3 Å². The number of ether oxygens (including phenoxy) is 1. The van der Waals surface area contributed by atoms with Crippen LogP contribution < -0.4 is 10.1 Å². The fraction of sp³-hybridized carbons (Fsp3) is 0.118. The molecule has 23 heavy (non-hydrogen) atoms. The predicted octanol–water partition coefficient (Wildman–Crippen LogP) is 4.66. The number of nitrogens with one attached hydrogen (secondary N) is 1. The van der Waals surface area contributed by atoms with Crippen LogP contribution in [0.25, 0.3) is 6.08 Å². The monoisotopic (exact) mass is 335 g/mol. The lowest BCUT2D eigenvalue weighted by Crippen LogP contribution is -2.07. The molecule has 2 aromatic rings. The summed E-state index contributed by atoms with van der Waals surface area (Å²) in [4.78, 5) is 12.3. The van der Waals surface area contributed by atoms with Crippen molar-refractivity contribution in [2.75, 3.05) is 12.4 Å². The van der Waals surface area contributed by atoms with Gasteiger partial charge >= 0.3 is 0 Å². The first-order valence-corrected chi connectivity index (χ1v) is 7.63. The minimum atomic E-state index is -2.46. The van der Waals surface area contributed by atoms with Crippen LogP contribution >= 0.6 is 11.8 Å². The molecule has 0 aliphatic carbocycles. The third-order valence-electron chi connectivity index (χ3n) is 2.87. The topological polar surface area (TPSA) is 38.3 Å². The molecule has 0 radical (unpaired) electrons. The zero-order chi connectivity index (χ0) is 16.7. The largest absolute Gasteiger partial charge is 0.497 e. The predicted molar refractivity (Wildman–Crippen MR) is 89.0 cm³/mol. The van der Waals surface area contributed by atoms with Crippen LogP contribution in [-0.4, -0.2) is 18.8 Å². The first-order chi connectivity index (χ1) is 11.1. The van der Waals surface area contributed by atoms with Gasteiger partial charge in [0.05, 0.1) is 7.11 Å². The summed E-state index contributed by atoms with van der Waals surface area (Å²) in [6.45, 7) is 0.